The van der Waals surface area contributed by atoms with Crippen molar-refractivity contribution < 1.29 is 13.6 Å². The van der Waals surface area contributed by atoms with E-state index >= 15 is 0 Å². The number of pyridine rings is 1. The van der Waals surface area contributed by atoms with E-state index in [1.807, 2.05) is 19.9 Å². The van der Waals surface area contributed by atoms with Crippen LogP contribution in [0.1, 0.15) is 11.1 Å². The Balaban J connectivity index is 0.000000172. The number of rotatable bonds is 7. The summed E-state index contributed by atoms with van der Waals surface area (Å²) in [5.74, 6) is 1.21. The molecular formula is C30H25ClN10O5. The second kappa shape index (κ2) is 12.8. The van der Waals surface area contributed by atoms with Gasteiger partial charge in [-0.25, -0.2) is 29.5 Å². The van der Waals surface area contributed by atoms with Crippen LogP contribution >= 0.6 is 11.6 Å². The maximum absolute atomic E-state index is 11.3. The van der Waals surface area contributed by atoms with Crippen LogP contribution in [0.15, 0.2) is 85.5 Å². The lowest BCUT2D eigenvalue weighted by Crippen LogP contribution is -2.03. The normalized spacial score (nSPS) is 10.8. The lowest BCUT2D eigenvalue weighted by molar-refractivity contribution is 0.398. The number of hydrogen-bond acceptors (Lipinski definition) is 13. The summed E-state index contributed by atoms with van der Waals surface area (Å²) in [5.41, 5.74) is 6.26. The van der Waals surface area contributed by atoms with Gasteiger partial charge in [0.25, 0.3) is 0 Å². The zero-order valence-corrected chi connectivity index (χ0v) is 25.3. The van der Waals surface area contributed by atoms with Gasteiger partial charge in [0.2, 0.25) is 17.1 Å². The molecular weight excluding hydrogens is 616 g/mol. The zero-order chi connectivity index (χ0) is 32.2. The molecule has 46 heavy (non-hydrogen) atoms. The summed E-state index contributed by atoms with van der Waals surface area (Å²) in [6.07, 6.45) is 4.99. The SMILES string of the molecule is COc1cc(Nc2ncc(C)c(Nc3ccc4oc(=O)[nH]c4c3)n2)ccn1.Cc1cnc(Cl)nc1Nc1ccc2oc(=O)[nH]c2c1. The van der Waals surface area contributed by atoms with E-state index in [-0.39, 0.29) is 5.28 Å². The van der Waals surface area contributed by atoms with E-state index in [1.165, 1.54) is 0 Å². The average Bonchev–Trinajstić information content (AvgIpc) is 3.60. The molecule has 7 aromatic rings. The number of aryl methyl sites for hydroxylation is 2. The van der Waals surface area contributed by atoms with E-state index in [0.717, 1.165) is 28.2 Å². The molecule has 7 rings (SSSR count). The number of halogens is 1. The Hall–Kier alpha value is -6.22. The van der Waals surface area contributed by atoms with Crippen LogP contribution < -0.4 is 32.2 Å². The molecule has 0 spiro atoms. The molecule has 232 valence electrons. The number of nitrogens with one attached hydrogen (secondary N) is 5. The quantitative estimate of drug-likeness (QED) is 0.132. The number of hydrogen-bond donors (Lipinski definition) is 5. The molecule has 0 unspecified atom stereocenters. The van der Waals surface area contributed by atoms with Crippen LogP contribution in [0.4, 0.5) is 34.6 Å². The highest BCUT2D eigenvalue weighted by molar-refractivity contribution is 6.28. The number of benzene rings is 2. The largest absolute Gasteiger partial charge is 0.481 e. The number of methoxy groups -OCH3 is 1. The molecule has 16 heteroatoms. The summed E-state index contributed by atoms with van der Waals surface area (Å²) in [7, 11) is 1.56. The molecule has 0 amide bonds. The number of fused-ring (bicyclic) bond motifs is 2. The third-order valence-electron chi connectivity index (χ3n) is 6.48. The average molecular weight is 641 g/mol. The van der Waals surface area contributed by atoms with E-state index in [1.54, 1.807) is 68.2 Å². The van der Waals surface area contributed by atoms with Crippen molar-refractivity contribution in [3.63, 3.8) is 0 Å². The maximum atomic E-state index is 11.3. The van der Waals surface area contributed by atoms with Gasteiger partial charge in [0, 0.05) is 52.8 Å². The van der Waals surface area contributed by atoms with E-state index in [2.05, 4.69) is 50.8 Å². The molecule has 5 heterocycles. The topological polar surface area (TPSA) is 202 Å². The van der Waals surface area contributed by atoms with Crippen LogP contribution in [-0.2, 0) is 0 Å². The first-order valence-corrected chi connectivity index (χ1v) is 14.0. The van der Waals surface area contributed by atoms with Crippen molar-refractivity contribution in [1.29, 1.82) is 0 Å². The van der Waals surface area contributed by atoms with Gasteiger partial charge in [0.15, 0.2) is 11.2 Å². The monoisotopic (exact) mass is 640 g/mol. The third kappa shape index (κ3) is 6.95. The van der Waals surface area contributed by atoms with Gasteiger partial charge in [0.1, 0.15) is 11.6 Å². The fourth-order valence-electron chi connectivity index (χ4n) is 4.24. The fourth-order valence-corrected chi connectivity index (χ4v) is 4.37. The van der Waals surface area contributed by atoms with Gasteiger partial charge in [-0.05, 0) is 67.9 Å². The number of H-pyrrole nitrogens is 2. The van der Waals surface area contributed by atoms with E-state index in [0.29, 0.717) is 45.7 Å². The lowest BCUT2D eigenvalue weighted by Gasteiger charge is -2.11. The molecule has 0 fully saturated rings. The molecule has 0 radical (unpaired) electrons. The number of ether oxygens (including phenoxy) is 1. The Kier molecular flexibility index (Phi) is 8.30. The van der Waals surface area contributed by atoms with Crippen LogP contribution in [0, 0.1) is 13.8 Å². The van der Waals surface area contributed by atoms with Gasteiger partial charge < -0.3 is 29.5 Å². The summed E-state index contributed by atoms with van der Waals surface area (Å²) >= 11 is 5.76. The van der Waals surface area contributed by atoms with Crippen molar-refractivity contribution in [2.24, 2.45) is 0 Å². The Morgan fingerprint density at radius 2 is 1.28 bits per heavy atom. The standard InChI is InChI=1S/C18H16N6O3.C12H9ClN4O2/c1-10-9-20-17(22-12-5-6-19-15(8-12)26-2)24-16(10)21-11-3-4-14-13(7-11)23-18(25)27-14;1-6-5-14-11(13)17-10(6)15-7-2-3-9-8(4-7)16-12(18)19-9/h3-9H,1-2H3,(H,23,25)(H2,19,20,21,22,24);2-5H,1H3,(H,16,18)(H,14,15,17). The van der Waals surface area contributed by atoms with Crippen LogP contribution in [0.3, 0.4) is 0 Å². The molecule has 5 N–H and O–H groups in total. The van der Waals surface area contributed by atoms with Gasteiger partial charge in [-0.1, -0.05) is 0 Å². The molecule has 0 atom stereocenters. The molecule has 15 nitrogen and oxygen atoms in total. The second-order valence-corrected chi connectivity index (χ2v) is 10.1. The maximum Gasteiger partial charge on any atom is 0.417 e. The Labute approximate surface area is 264 Å². The molecule has 5 aromatic heterocycles. The second-order valence-electron chi connectivity index (χ2n) is 9.81. The first-order chi connectivity index (χ1) is 22.2. The number of oxazole rings is 2. The lowest BCUT2D eigenvalue weighted by atomic mass is 10.2. The number of anilines is 6. The molecule has 2 aromatic carbocycles. The van der Waals surface area contributed by atoms with Crippen molar-refractivity contribution in [3.8, 4) is 5.88 Å². The molecule has 0 aliphatic carbocycles. The number of aromatic amines is 2. The predicted octanol–water partition coefficient (Wildman–Crippen LogP) is 5.73. The first kappa shape index (κ1) is 29.8. The van der Waals surface area contributed by atoms with E-state index in [4.69, 9.17) is 25.2 Å². The van der Waals surface area contributed by atoms with Gasteiger partial charge in [-0.15, -0.1) is 0 Å². The molecule has 0 saturated heterocycles. The van der Waals surface area contributed by atoms with Crippen LogP contribution in [0.25, 0.3) is 22.2 Å². The van der Waals surface area contributed by atoms with Crippen LogP contribution in [-0.4, -0.2) is 42.0 Å². The highest BCUT2D eigenvalue weighted by Gasteiger charge is 2.09. The van der Waals surface area contributed by atoms with Crippen LogP contribution in [0.5, 0.6) is 5.88 Å². The van der Waals surface area contributed by atoms with Crippen molar-refractivity contribution in [1.82, 2.24) is 34.9 Å². The third-order valence-corrected chi connectivity index (χ3v) is 6.66. The number of aromatic nitrogens is 7. The van der Waals surface area contributed by atoms with Gasteiger partial charge in [-0.3, -0.25) is 9.97 Å². The molecule has 0 bridgehead atoms. The minimum Gasteiger partial charge on any atom is -0.481 e. The minimum atomic E-state index is -0.486. The van der Waals surface area contributed by atoms with Crippen molar-refractivity contribution in [2.45, 2.75) is 13.8 Å². The Morgan fingerprint density at radius 1 is 0.717 bits per heavy atom. The molecule has 0 aliphatic heterocycles. The van der Waals surface area contributed by atoms with E-state index < -0.39 is 11.5 Å². The summed E-state index contributed by atoms with van der Waals surface area (Å²) < 4.78 is 15.1. The van der Waals surface area contributed by atoms with E-state index in [9.17, 15) is 9.59 Å². The summed E-state index contributed by atoms with van der Waals surface area (Å²) in [6, 6.07) is 14.1. The smallest absolute Gasteiger partial charge is 0.417 e. The van der Waals surface area contributed by atoms with Crippen molar-refractivity contribution >= 4 is 68.4 Å². The minimum absolute atomic E-state index is 0.172. The fraction of sp³-hybridized carbons (Fsp3) is 0.100. The van der Waals surface area contributed by atoms with Crippen LogP contribution in [0.2, 0.25) is 5.28 Å². The highest BCUT2D eigenvalue weighted by Crippen LogP contribution is 2.25. The van der Waals surface area contributed by atoms with Gasteiger partial charge >= 0.3 is 11.5 Å². The van der Waals surface area contributed by atoms with Gasteiger partial charge in [0.05, 0.1) is 18.1 Å². The number of nitrogens with zero attached hydrogens (tertiary/aromatic N) is 5. The summed E-state index contributed by atoms with van der Waals surface area (Å²) in [6.45, 7) is 3.77. The van der Waals surface area contributed by atoms with Gasteiger partial charge in [-0.2, -0.15) is 4.98 Å². The van der Waals surface area contributed by atoms with Crippen molar-refractivity contribution in [3.05, 3.63) is 105 Å². The predicted molar refractivity (Wildman–Crippen MR) is 173 cm³/mol. The Bertz CT molecular complexity index is 2290. The summed E-state index contributed by atoms with van der Waals surface area (Å²) in [4.78, 5) is 48.5. The Morgan fingerprint density at radius 3 is 1.89 bits per heavy atom. The molecule has 0 saturated carbocycles. The highest BCUT2D eigenvalue weighted by atomic mass is 35.5. The van der Waals surface area contributed by atoms with Crippen molar-refractivity contribution in [2.75, 3.05) is 23.1 Å². The first-order valence-electron chi connectivity index (χ1n) is 13.6. The zero-order valence-electron chi connectivity index (χ0n) is 24.5. The molecule has 0 aliphatic rings. The summed E-state index contributed by atoms with van der Waals surface area (Å²) in [5, 5.41) is 9.64.